The van der Waals surface area contributed by atoms with Crippen LogP contribution in [0.1, 0.15) is 31.0 Å². The van der Waals surface area contributed by atoms with Crippen LogP contribution in [0.3, 0.4) is 0 Å². The van der Waals surface area contributed by atoms with Gasteiger partial charge in [-0.1, -0.05) is 18.2 Å². The summed E-state index contributed by atoms with van der Waals surface area (Å²) in [5.74, 6) is -0.132. The van der Waals surface area contributed by atoms with Gasteiger partial charge in [0.05, 0.1) is 0 Å². The second-order valence-corrected chi connectivity index (χ2v) is 4.87. The van der Waals surface area contributed by atoms with Crippen molar-refractivity contribution in [1.29, 1.82) is 0 Å². The fourth-order valence-electron chi connectivity index (χ4n) is 2.23. The highest BCUT2D eigenvalue weighted by atomic mass is 19.1. The molecule has 0 aliphatic rings. The van der Waals surface area contributed by atoms with Gasteiger partial charge in [-0.2, -0.15) is 0 Å². The van der Waals surface area contributed by atoms with Gasteiger partial charge in [0.15, 0.2) is 0 Å². The third-order valence-electron chi connectivity index (χ3n) is 3.22. The van der Waals surface area contributed by atoms with Crippen LogP contribution in [0.15, 0.2) is 48.8 Å². The molecule has 0 saturated carbocycles. The van der Waals surface area contributed by atoms with E-state index >= 15 is 0 Å². The molecule has 1 aromatic heterocycles. The Bertz CT molecular complexity index is 513. The minimum absolute atomic E-state index is 0.132. The Morgan fingerprint density at radius 1 is 1.11 bits per heavy atom. The largest absolute Gasteiger partial charge is 0.307 e. The van der Waals surface area contributed by atoms with Crippen LogP contribution < -0.4 is 5.32 Å². The third-order valence-corrected chi connectivity index (χ3v) is 3.22. The maximum absolute atomic E-state index is 13.6. The van der Waals surface area contributed by atoms with Crippen molar-refractivity contribution in [1.82, 2.24) is 10.3 Å². The van der Waals surface area contributed by atoms with Crippen LogP contribution in [-0.2, 0) is 6.42 Å². The van der Waals surface area contributed by atoms with Crippen molar-refractivity contribution in [3.8, 4) is 0 Å². The van der Waals surface area contributed by atoms with Gasteiger partial charge in [-0.05, 0) is 49.6 Å². The fourth-order valence-corrected chi connectivity index (χ4v) is 2.23. The molecule has 3 heteroatoms. The minimum Gasteiger partial charge on any atom is -0.307 e. The first-order valence-corrected chi connectivity index (χ1v) is 6.56. The van der Waals surface area contributed by atoms with E-state index in [0.29, 0.717) is 6.42 Å². The van der Waals surface area contributed by atoms with Gasteiger partial charge < -0.3 is 5.32 Å². The predicted octanol–water partition coefficient (Wildman–Crippen LogP) is 3.50. The minimum atomic E-state index is -0.132. The number of pyridine rings is 1. The van der Waals surface area contributed by atoms with Gasteiger partial charge in [0.1, 0.15) is 5.82 Å². The molecule has 2 aromatic rings. The Morgan fingerprint density at radius 3 is 2.47 bits per heavy atom. The number of nitrogens with one attached hydrogen (secondary N) is 1. The second-order valence-electron chi connectivity index (χ2n) is 4.87. The number of hydrogen-bond acceptors (Lipinski definition) is 2. The monoisotopic (exact) mass is 258 g/mol. The molecule has 2 rings (SSSR count). The topological polar surface area (TPSA) is 24.9 Å². The lowest BCUT2D eigenvalue weighted by molar-refractivity contribution is 0.469. The summed E-state index contributed by atoms with van der Waals surface area (Å²) in [6.07, 6.45) is 4.26. The SMILES string of the molecule is CC(Cc1ccccc1F)NC(C)c1ccncc1. The number of nitrogens with zero attached hydrogens (tertiary/aromatic N) is 1. The zero-order valence-electron chi connectivity index (χ0n) is 11.3. The lowest BCUT2D eigenvalue weighted by Gasteiger charge is -2.20. The number of aromatic nitrogens is 1. The fraction of sp³-hybridized carbons (Fsp3) is 0.312. The number of benzene rings is 1. The summed E-state index contributed by atoms with van der Waals surface area (Å²) in [7, 11) is 0. The molecule has 1 aromatic carbocycles. The predicted molar refractivity (Wildman–Crippen MR) is 75.4 cm³/mol. The van der Waals surface area contributed by atoms with Crippen molar-refractivity contribution in [2.75, 3.05) is 0 Å². The van der Waals surface area contributed by atoms with Crippen LogP contribution in [0, 0.1) is 5.82 Å². The molecule has 0 fully saturated rings. The van der Waals surface area contributed by atoms with Crippen LogP contribution in [-0.4, -0.2) is 11.0 Å². The van der Waals surface area contributed by atoms with Gasteiger partial charge in [0.2, 0.25) is 0 Å². The van der Waals surface area contributed by atoms with Gasteiger partial charge in [0.25, 0.3) is 0 Å². The molecule has 1 heterocycles. The summed E-state index contributed by atoms with van der Waals surface area (Å²) in [6, 6.07) is 11.4. The van der Waals surface area contributed by atoms with E-state index in [1.165, 1.54) is 11.6 Å². The van der Waals surface area contributed by atoms with E-state index in [9.17, 15) is 4.39 Å². The van der Waals surface area contributed by atoms with Crippen molar-refractivity contribution in [3.63, 3.8) is 0 Å². The molecule has 2 unspecified atom stereocenters. The Balaban J connectivity index is 1.95. The first-order chi connectivity index (χ1) is 9.16. The molecule has 1 N–H and O–H groups in total. The van der Waals surface area contributed by atoms with Crippen molar-refractivity contribution in [2.45, 2.75) is 32.4 Å². The van der Waals surface area contributed by atoms with E-state index in [1.807, 2.05) is 24.3 Å². The number of halogens is 1. The van der Waals surface area contributed by atoms with E-state index in [2.05, 4.69) is 24.1 Å². The molecule has 0 aliphatic carbocycles. The third kappa shape index (κ3) is 3.86. The average molecular weight is 258 g/mol. The standard InChI is InChI=1S/C16H19FN2/c1-12(11-15-5-3-4-6-16(15)17)19-13(2)14-7-9-18-10-8-14/h3-10,12-13,19H,11H2,1-2H3. The Morgan fingerprint density at radius 2 is 1.79 bits per heavy atom. The first-order valence-electron chi connectivity index (χ1n) is 6.56. The molecule has 0 saturated heterocycles. The zero-order valence-corrected chi connectivity index (χ0v) is 11.3. The highest BCUT2D eigenvalue weighted by molar-refractivity contribution is 5.19. The van der Waals surface area contributed by atoms with Crippen LogP contribution in [0.2, 0.25) is 0 Å². The molecule has 0 aliphatic heterocycles. The van der Waals surface area contributed by atoms with Gasteiger partial charge >= 0.3 is 0 Å². The lowest BCUT2D eigenvalue weighted by atomic mass is 10.0. The van der Waals surface area contributed by atoms with Gasteiger partial charge in [-0.3, -0.25) is 4.98 Å². The van der Waals surface area contributed by atoms with Crippen LogP contribution >= 0.6 is 0 Å². The molecule has 19 heavy (non-hydrogen) atoms. The van der Waals surface area contributed by atoms with Crippen LogP contribution in [0.4, 0.5) is 4.39 Å². The Hall–Kier alpha value is -1.74. The van der Waals surface area contributed by atoms with Crippen LogP contribution in [0.5, 0.6) is 0 Å². The smallest absolute Gasteiger partial charge is 0.126 e. The highest BCUT2D eigenvalue weighted by Crippen LogP contribution is 2.14. The van der Waals surface area contributed by atoms with E-state index in [1.54, 1.807) is 18.5 Å². The molecular weight excluding hydrogens is 239 g/mol. The summed E-state index contributed by atoms with van der Waals surface area (Å²) in [5.41, 5.74) is 1.94. The lowest BCUT2D eigenvalue weighted by Crippen LogP contribution is -2.31. The summed E-state index contributed by atoms with van der Waals surface area (Å²) in [6.45, 7) is 4.18. The Kier molecular flexibility index (Phi) is 4.63. The maximum Gasteiger partial charge on any atom is 0.126 e. The molecule has 0 radical (unpaired) electrons. The average Bonchev–Trinajstić information content (AvgIpc) is 2.42. The highest BCUT2D eigenvalue weighted by Gasteiger charge is 2.11. The van der Waals surface area contributed by atoms with Crippen LogP contribution in [0.25, 0.3) is 0 Å². The van der Waals surface area contributed by atoms with Crippen molar-refractivity contribution >= 4 is 0 Å². The molecule has 100 valence electrons. The van der Waals surface area contributed by atoms with Crippen molar-refractivity contribution in [2.24, 2.45) is 0 Å². The molecule has 2 atom stereocenters. The summed E-state index contributed by atoms with van der Waals surface area (Å²) < 4.78 is 13.6. The van der Waals surface area contributed by atoms with Gasteiger partial charge in [-0.25, -0.2) is 4.39 Å². The van der Waals surface area contributed by atoms with E-state index in [0.717, 1.165) is 5.56 Å². The summed E-state index contributed by atoms with van der Waals surface area (Å²) >= 11 is 0. The molecule has 0 spiro atoms. The molecular formula is C16H19FN2. The normalized spacial score (nSPS) is 14.1. The zero-order chi connectivity index (χ0) is 13.7. The second kappa shape index (κ2) is 6.43. The number of hydrogen-bond donors (Lipinski definition) is 1. The summed E-state index contributed by atoms with van der Waals surface area (Å²) in [4.78, 5) is 4.01. The van der Waals surface area contributed by atoms with Gasteiger partial charge in [-0.15, -0.1) is 0 Å². The van der Waals surface area contributed by atoms with E-state index in [4.69, 9.17) is 0 Å². The Labute approximate surface area is 113 Å². The molecule has 0 bridgehead atoms. The van der Waals surface area contributed by atoms with E-state index < -0.39 is 0 Å². The first kappa shape index (κ1) is 13.7. The van der Waals surface area contributed by atoms with E-state index in [-0.39, 0.29) is 17.9 Å². The van der Waals surface area contributed by atoms with Gasteiger partial charge in [0, 0.05) is 24.5 Å². The van der Waals surface area contributed by atoms with Crippen molar-refractivity contribution < 1.29 is 4.39 Å². The van der Waals surface area contributed by atoms with Crippen molar-refractivity contribution in [3.05, 3.63) is 65.7 Å². The number of rotatable bonds is 5. The quantitative estimate of drug-likeness (QED) is 0.887. The summed E-state index contributed by atoms with van der Waals surface area (Å²) in [5, 5.41) is 3.48. The maximum atomic E-state index is 13.6. The molecule has 0 amide bonds. The molecule has 2 nitrogen and oxygen atoms in total.